The molecule has 0 aliphatic rings. The van der Waals surface area contributed by atoms with Crippen molar-refractivity contribution in [3.05, 3.63) is 60.5 Å². The summed E-state index contributed by atoms with van der Waals surface area (Å²) in [5.74, 6) is 0.656. The molecule has 0 bridgehead atoms. The number of benzene rings is 1. The predicted octanol–water partition coefficient (Wildman–Crippen LogP) is 1.97. The van der Waals surface area contributed by atoms with E-state index < -0.39 is 0 Å². The summed E-state index contributed by atoms with van der Waals surface area (Å²) in [6.07, 6.45) is 3.02. The number of hydrogen-bond donors (Lipinski definition) is 0. The molecule has 0 aliphatic heterocycles. The molecule has 0 aliphatic carbocycles. The van der Waals surface area contributed by atoms with Crippen LogP contribution in [0.25, 0.3) is 22.8 Å². The van der Waals surface area contributed by atoms with Crippen LogP contribution in [0, 0.1) is 5.82 Å². The van der Waals surface area contributed by atoms with Gasteiger partial charge in [0.2, 0.25) is 5.82 Å². The Morgan fingerprint density at radius 3 is 2.75 bits per heavy atom. The molecule has 0 saturated carbocycles. The quantitative estimate of drug-likeness (QED) is 0.566. The third-order valence-corrected chi connectivity index (χ3v) is 3.26. The maximum atomic E-state index is 13.0. The molecule has 4 aromatic rings. The summed E-state index contributed by atoms with van der Waals surface area (Å²) in [7, 11) is 0. The highest BCUT2D eigenvalue weighted by Gasteiger charge is 2.11. The van der Waals surface area contributed by atoms with Gasteiger partial charge in [-0.1, -0.05) is 5.16 Å². The van der Waals surface area contributed by atoms with Crippen LogP contribution in [0.2, 0.25) is 0 Å². The summed E-state index contributed by atoms with van der Waals surface area (Å²) in [6, 6.07) is 9.46. The fraction of sp³-hybridized carbons (Fsp3) is 0.0667. The minimum Gasteiger partial charge on any atom is -0.359 e. The third-order valence-electron chi connectivity index (χ3n) is 3.26. The van der Waals surface area contributed by atoms with Crippen LogP contribution in [-0.2, 0) is 6.54 Å². The van der Waals surface area contributed by atoms with E-state index in [1.54, 1.807) is 30.5 Å². The fourth-order valence-corrected chi connectivity index (χ4v) is 2.12. The first-order valence-corrected chi connectivity index (χ1v) is 7.04. The van der Waals surface area contributed by atoms with E-state index >= 15 is 0 Å². The molecule has 0 atom stereocenters. The van der Waals surface area contributed by atoms with E-state index in [0.717, 1.165) is 5.56 Å². The molecule has 3 aromatic heterocycles. The van der Waals surface area contributed by atoms with Crippen LogP contribution >= 0.6 is 0 Å². The Hall–Kier alpha value is -3.49. The van der Waals surface area contributed by atoms with E-state index in [-0.39, 0.29) is 12.4 Å². The summed E-state index contributed by atoms with van der Waals surface area (Å²) in [5, 5.41) is 16.1. The second kappa shape index (κ2) is 5.95. The number of halogens is 1. The zero-order valence-corrected chi connectivity index (χ0v) is 12.2. The van der Waals surface area contributed by atoms with Crippen LogP contribution in [0.4, 0.5) is 4.39 Å². The fourth-order valence-electron chi connectivity index (χ4n) is 2.12. The van der Waals surface area contributed by atoms with E-state index in [1.807, 2.05) is 0 Å². The highest BCUT2D eigenvalue weighted by atomic mass is 19.1. The highest BCUT2D eigenvalue weighted by molar-refractivity contribution is 5.58. The number of aromatic nitrogens is 7. The highest BCUT2D eigenvalue weighted by Crippen LogP contribution is 2.19. The molecule has 8 nitrogen and oxygen atoms in total. The van der Waals surface area contributed by atoms with Gasteiger partial charge in [0.1, 0.15) is 30.1 Å². The minimum atomic E-state index is -0.300. The Kier molecular flexibility index (Phi) is 3.50. The Morgan fingerprint density at radius 1 is 1.08 bits per heavy atom. The predicted molar refractivity (Wildman–Crippen MR) is 79.8 cm³/mol. The Balaban J connectivity index is 1.52. The molecule has 0 amide bonds. The van der Waals surface area contributed by atoms with Crippen molar-refractivity contribution in [1.82, 2.24) is 35.3 Å². The Labute approximate surface area is 135 Å². The summed E-state index contributed by atoms with van der Waals surface area (Å²) < 4.78 is 18.2. The maximum Gasteiger partial charge on any atom is 0.223 e. The second-order valence-electron chi connectivity index (χ2n) is 4.92. The molecule has 0 saturated heterocycles. The van der Waals surface area contributed by atoms with Gasteiger partial charge in [-0.15, -0.1) is 10.2 Å². The standard InChI is InChI=1S/C15H10FN7O/c16-11-3-1-10(2-4-11)14-7-12(24-21-14)8-23-20-15(19-22-23)13-5-6-17-9-18-13/h1-7,9H,8H2. The van der Waals surface area contributed by atoms with Crippen molar-refractivity contribution in [3.8, 4) is 22.8 Å². The van der Waals surface area contributed by atoms with Crippen molar-refractivity contribution in [1.29, 1.82) is 0 Å². The molecule has 0 spiro atoms. The molecular weight excluding hydrogens is 313 g/mol. The van der Waals surface area contributed by atoms with Gasteiger partial charge in [0.25, 0.3) is 0 Å². The number of hydrogen-bond acceptors (Lipinski definition) is 7. The molecule has 4 rings (SSSR count). The molecule has 1 aromatic carbocycles. The average molecular weight is 323 g/mol. The van der Waals surface area contributed by atoms with E-state index in [0.29, 0.717) is 23.0 Å². The Bertz CT molecular complexity index is 949. The minimum absolute atomic E-state index is 0.270. The summed E-state index contributed by atoms with van der Waals surface area (Å²) in [5.41, 5.74) is 1.96. The van der Waals surface area contributed by atoms with Crippen molar-refractivity contribution >= 4 is 0 Å². The number of nitrogens with zero attached hydrogens (tertiary/aromatic N) is 7. The lowest BCUT2D eigenvalue weighted by Gasteiger charge is -1.94. The molecular formula is C15H10FN7O. The first kappa shape index (κ1) is 14.1. The lowest BCUT2D eigenvalue weighted by molar-refractivity contribution is 0.364. The third kappa shape index (κ3) is 2.86. The number of tetrazole rings is 1. The van der Waals surface area contributed by atoms with Gasteiger partial charge < -0.3 is 4.52 Å². The molecule has 3 heterocycles. The maximum absolute atomic E-state index is 13.0. The summed E-state index contributed by atoms with van der Waals surface area (Å²) in [6.45, 7) is 0.270. The van der Waals surface area contributed by atoms with Gasteiger partial charge in [0.05, 0.1) is 0 Å². The van der Waals surface area contributed by atoms with Gasteiger partial charge in [-0.3, -0.25) is 0 Å². The van der Waals surface area contributed by atoms with Gasteiger partial charge in [0.15, 0.2) is 5.76 Å². The molecule has 9 heteroatoms. The average Bonchev–Trinajstić information content (AvgIpc) is 3.27. The zero-order valence-electron chi connectivity index (χ0n) is 12.2. The molecule has 0 fully saturated rings. The van der Waals surface area contributed by atoms with E-state index in [2.05, 4.69) is 30.5 Å². The zero-order chi connectivity index (χ0) is 16.4. The monoisotopic (exact) mass is 323 g/mol. The smallest absolute Gasteiger partial charge is 0.223 e. The van der Waals surface area contributed by atoms with Crippen molar-refractivity contribution in [2.24, 2.45) is 0 Å². The van der Waals surface area contributed by atoms with E-state index in [4.69, 9.17) is 4.52 Å². The molecule has 24 heavy (non-hydrogen) atoms. The molecule has 0 radical (unpaired) electrons. The van der Waals surface area contributed by atoms with Crippen molar-refractivity contribution in [2.75, 3.05) is 0 Å². The van der Waals surface area contributed by atoms with Crippen LogP contribution in [-0.4, -0.2) is 35.3 Å². The van der Waals surface area contributed by atoms with E-state index in [1.165, 1.54) is 23.3 Å². The lowest BCUT2D eigenvalue weighted by Crippen LogP contribution is -2.03. The van der Waals surface area contributed by atoms with Crippen LogP contribution < -0.4 is 0 Å². The van der Waals surface area contributed by atoms with Crippen LogP contribution in [0.5, 0.6) is 0 Å². The van der Waals surface area contributed by atoms with Gasteiger partial charge in [-0.05, 0) is 35.5 Å². The van der Waals surface area contributed by atoms with Crippen molar-refractivity contribution < 1.29 is 8.91 Å². The van der Waals surface area contributed by atoms with Gasteiger partial charge in [-0.2, -0.15) is 4.80 Å². The van der Waals surface area contributed by atoms with Crippen molar-refractivity contribution in [3.63, 3.8) is 0 Å². The van der Waals surface area contributed by atoms with Gasteiger partial charge >= 0.3 is 0 Å². The Morgan fingerprint density at radius 2 is 1.96 bits per heavy atom. The van der Waals surface area contributed by atoms with Crippen LogP contribution in [0.1, 0.15) is 5.76 Å². The van der Waals surface area contributed by atoms with Crippen LogP contribution in [0.15, 0.2) is 53.4 Å². The van der Waals surface area contributed by atoms with Gasteiger partial charge in [0, 0.05) is 17.8 Å². The van der Waals surface area contributed by atoms with Crippen molar-refractivity contribution in [2.45, 2.75) is 6.54 Å². The topological polar surface area (TPSA) is 95.4 Å². The second-order valence-corrected chi connectivity index (χ2v) is 4.92. The summed E-state index contributed by atoms with van der Waals surface area (Å²) in [4.78, 5) is 9.29. The SMILES string of the molecule is Fc1ccc(-c2cc(Cn3nnc(-c4ccncn4)n3)on2)cc1. The lowest BCUT2D eigenvalue weighted by atomic mass is 10.1. The van der Waals surface area contributed by atoms with Crippen LogP contribution in [0.3, 0.4) is 0 Å². The first-order chi connectivity index (χ1) is 11.8. The largest absolute Gasteiger partial charge is 0.359 e. The van der Waals surface area contributed by atoms with Gasteiger partial charge in [-0.25, -0.2) is 14.4 Å². The molecule has 0 unspecified atom stereocenters. The molecule has 0 N–H and O–H groups in total. The number of rotatable bonds is 4. The normalized spacial score (nSPS) is 10.9. The molecule has 118 valence electrons. The summed E-state index contributed by atoms with van der Waals surface area (Å²) >= 11 is 0. The van der Waals surface area contributed by atoms with E-state index in [9.17, 15) is 4.39 Å². The first-order valence-electron chi connectivity index (χ1n) is 7.04.